The lowest BCUT2D eigenvalue weighted by Gasteiger charge is -2.24. The second kappa shape index (κ2) is 14.5. The molecular formula is C21H30N6O8S. The summed E-state index contributed by atoms with van der Waals surface area (Å²) in [5.74, 6) is -5.96. The van der Waals surface area contributed by atoms with Crippen molar-refractivity contribution in [3.8, 4) is 5.75 Å². The molecule has 0 saturated heterocycles. The molecule has 1 rings (SSSR count). The minimum atomic E-state index is -1.52. The van der Waals surface area contributed by atoms with Crippen molar-refractivity contribution in [3.05, 3.63) is 29.8 Å². The molecule has 5 amide bonds. The van der Waals surface area contributed by atoms with Crippen LogP contribution < -0.4 is 33.2 Å². The molecule has 0 spiro atoms. The minimum absolute atomic E-state index is 0.0401. The molecule has 0 heterocycles. The van der Waals surface area contributed by atoms with Crippen LogP contribution in [0.4, 0.5) is 0 Å². The van der Waals surface area contributed by atoms with E-state index in [-0.39, 0.29) is 30.8 Å². The molecule has 1 aromatic carbocycles. The number of rotatable bonds is 15. The minimum Gasteiger partial charge on any atom is -0.508 e. The lowest BCUT2D eigenvalue weighted by molar-refractivity contribution is -0.141. The molecule has 0 radical (unpaired) electrons. The number of primary amides is 2. The number of amides is 5. The highest BCUT2D eigenvalue weighted by molar-refractivity contribution is 7.80. The number of aromatic hydroxyl groups is 1. The standard InChI is InChI=1S/C21H30N6O8S/c22-12(5-6-16(23)29)18(31)25-14(8-17(24)30)20(33)26-13(7-10-1-3-11(28)4-2-10)19(32)27-15(9-36)21(34)35/h1-4,12-15,28,36H,5-9,22H2,(H2,23,29)(H2,24,30)(H,25,31)(H,26,33)(H,27,32)(H,34,35). The van der Waals surface area contributed by atoms with Crippen molar-refractivity contribution >= 4 is 48.1 Å². The number of phenols is 1. The third-order valence-corrected chi connectivity index (χ3v) is 5.25. The number of nitrogens with two attached hydrogens (primary N) is 3. The highest BCUT2D eigenvalue weighted by atomic mass is 32.1. The van der Waals surface area contributed by atoms with Gasteiger partial charge in [-0.25, -0.2) is 4.79 Å². The molecule has 0 aromatic heterocycles. The first-order valence-corrected chi connectivity index (χ1v) is 11.3. The largest absolute Gasteiger partial charge is 0.508 e. The number of hydrogen-bond donors (Lipinski definition) is 9. The van der Waals surface area contributed by atoms with Crippen molar-refractivity contribution in [1.82, 2.24) is 16.0 Å². The SMILES string of the molecule is NC(=O)CCC(N)C(=O)NC(CC(N)=O)C(=O)NC(Cc1ccc(O)cc1)C(=O)NC(CS)C(=O)O. The number of aliphatic carboxylic acids is 1. The van der Waals surface area contributed by atoms with Gasteiger partial charge in [0.25, 0.3) is 0 Å². The summed E-state index contributed by atoms with van der Waals surface area (Å²) in [6, 6.07) is 0.218. The number of carbonyl (C=O) groups is 6. The Bertz CT molecular complexity index is 974. The summed E-state index contributed by atoms with van der Waals surface area (Å²) in [4.78, 5) is 71.9. The average Bonchev–Trinajstić information content (AvgIpc) is 2.80. The Kier molecular flexibility index (Phi) is 12.2. The van der Waals surface area contributed by atoms with E-state index >= 15 is 0 Å². The highest BCUT2D eigenvalue weighted by Gasteiger charge is 2.31. The van der Waals surface area contributed by atoms with Crippen molar-refractivity contribution in [3.63, 3.8) is 0 Å². The smallest absolute Gasteiger partial charge is 0.327 e. The van der Waals surface area contributed by atoms with E-state index in [9.17, 15) is 39.0 Å². The van der Waals surface area contributed by atoms with E-state index < -0.39 is 66.1 Å². The van der Waals surface area contributed by atoms with Crippen LogP contribution in [0.15, 0.2) is 24.3 Å². The summed E-state index contributed by atoms with van der Waals surface area (Å²) in [5.41, 5.74) is 16.4. The maximum Gasteiger partial charge on any atom is 0.327 e. The molecule has 0 fully saturated rings. The van der Waals surface area contributed by atoms with E-state index in [1.165, 1.54) is 24.3 Å². The zero-order valence-electron chi connectivity index (χ0n) is 19.2. The lowest BCUT2D eigenvalue weighted by Crippen LogP contribution is -2.58. The van der Waals surface area contributed by atoms with Gasteiger partial charge in [-0.15, -0.1) is 0 Å². The first-order valence-electron chi connectivity index (χ1n) is 10.7. The van der Waals surface area contributed by atoms with Crippen molar-refractivity contribution in [2.24, 2.45) is 17.2 Å². The number of carboxylic acid groups (broad SMARTS) is 1. The molecule has 0 aliphatic heterocycles. The molecule has 0 aliphatic carbocycles. The second-order valence-electron chi connectivity index (χ2n) is 7.86. The van der Waals surface area contributed by atoms with Crippen LogP contribution in [-0.2, 0) is 35.2 Å². The zero-order chi connectivity index (χ0) is 27.4. The number of carbonyl (C=O) groups excluding carboxylic acids is 5. The van der Waals surface area contributed by atoms with E-state index in [4.69, 9.17) is 17.2 Å². The van der Waals surface area contributed by atoms with Crippen molar-refractivity contribution in [1.29, 1.82) is 0 Å². The van der Waals surface area contributed by atoms with E-state index in [0.717, 1.165) is 0 Å². The van der Waals surface area contributed by atoms with Crippen LogP contribution in [0, 0.1) is 0 Å². The van der Waals surface area contributed by atoms with Gasteiger partial charge < -0.3 is 43.4 Å². The first kappa shape index (κ1) is 30.2. The van der Waals surface area contributed by atoms with E-state index in [2.05, 4.69) is 28.6 Å². The molecule has 4 atom stereocenters. The fraction of sp³-hybridized carbons (Fsp3) is 0.429. The molecule has 36 heavy (non-hydrogen) atoms. The third-order valence-electron chi connectivity index (χ3n) is 4.88. The number of benzene rings is 1. The summed E-state index contributed by atoms with van der Waals surface area (Å²) < 4.78 is 0. The Morgan fingerprint density at radius 2 is 1.36 bits per heavy atom. The van der Waals surface area contributed by atoms with Gasteiger partial charge in [0.15, 0.2) is 0 Å². The van der Waals surface area contributed by atoms with Gasteiger partial charge in [-0.2, -0.15) is 12.6 Å². The first-order chi connectivity index (χ1) is 16.8. The molecule has 15 heteroatoms. The van der Waals surface area contributed by atoms with E-state index in [1.807, 2.05) is 0 Å². The van der Waals surface area contributed by atoms with Gasteiger partial charge >= 0.3 is 5.97 Å². The van der Waals surface area contributed by atoms with Gasteiger partial charge in [0, 0.05) is 18.6 Å². The van der Waals surface area contributed by atoms with Crippen LogP contribution in [-0.4, -0.2) is 75.6 Å². The van der Waals surface area contributed by atoms with E-state index in [0.29, 0.717) is 5.56 Å². The molecule has 0 saturated carbocycles. The van der Waals surface area contributed by atoms with Crippen LogP contribution >= 0.6 is 12.6 Å². The average molecular weight is 527 g/mol. The van der Waals surface area contributed by atoms with Crippen molar-refractivity contribution < 1.29 is 39.0 Å². The predicted molar refractivity (Wildman–Crippen MR) is 129 cm³/mol. The van der Waals surface area contributed by atoms with Gasteiger partial charge in [-0.1, -0.05) is 12.1 Å². The molecular weight excluding hydrogens is 496 g/mol. The van der Waals surface area contributed by atoms with Gasteiger partial charge in [0.2, 0.25) is 29.5 Å². The summed E-state index contributed by atoms with van der Waals surface area (Å²) in [5, 5.41) is 25.6. The van der Waals surface area contributed by atoms with Gasteiger partial charge in [-0.3, -0.25) is 24.0 Å². The zero-order valence-corrected chi connectivity index (χ0v) is 20.1. The Balaban J connectivity index is 3.10. The van der Waals surface area contributed by atoms with Crippen LogP contribution in [0.25, 0.3) is 0 Å². The Morgan fingerprint density at radius 3 is 1.86 bits per heavy atom. The topological polar surface area (TPSA) is 257 Å². The lowest BCUT2D eigenvalue weighted by atomic mass is 10.0. The van der Waals surface area contributed by atoms with Crippen molar-refractivity contribution in [2.45, 2.75) is 49.9 Å². The molecule has 4 unspecified atom stereocenters. The monoisotopic (exact) mass is 526 g/mol. The number of nitrogens with one attached hydrogen (secondary N) is 3. The van der Waals surface area contributed by atoms with Crippen LogP contribution in [0.5, 0.6) is 5.75 Å². The number of phenolic OH excluding ortho intramolecular Hbond substituents is 1. The quantitative estimate of drug-likeness (QED) is 0.105. The fourth-order valence-electron chi connectivity index (χ4n) is 2.93. The van der Waals surface area contributed by atoms with E-state index in [1.54, 1.807) is 0 Å². The number of hydrogen-bond acceptors (Lipinski definition) is 9. The van der Waals surface area contributed by atoms with Crippen LogP contribution in [0.1, 0.15) is 24.8 Å². The normalized spacial score (nSPS) is 13.9. The summed E-state index contributed by atoms with van der Waals surface area (Å²) >= 11 is 3.88. The van der Waals surface area contributed by atoms with Crippen LogP contribution in [0.3, 0.4) is 0 Å². The maximum atomic E-state index is 13.0. The van der Waals surface area contributed by atoms with Gasteiger partial charge in [-0.05, 0) is 24.1 Å². The number of thiol groups is 1. The molecule has 198 valence electrons. The molecule has 11 N–H and O–H groups in total. The molecule has 1 aromatic rings. The Labute approximate surface area is 211 Å². The Hall–Kier alpha value is -3.85. The van der Waals surface area contributed by atoms with Crippen LogP contribution in [0.2, 0.25) is 0 Å². The molecule has 0 bridgehead atoms. The maximum absolute atomic E-state index is 13.0. The molecule has 14 nitrogen and oxygen atoms in total. The van der Waals surface area contributed by atoms with Gasteiger partial charge in [0.05, 0.1) is 12.5 Å². The summed E-state index contributed by atoms with van der Waals surface area (Å²) in [7, 11) is 0. The highest BCUT2D eigenvalue weighted by Crippen LogP contribution is 2.12. The Morgan fingerprint density at radius 1 is 0.833 bits per heavy atom. The summed E-state index contributed by atoms with van der Waals surface area (Å²) in [6.07, 6.45) is -1.07. The third kappa shape index (κ3) is 10.6. The number of carboxylic acids is 1. The fourth-order valence-corrected chi connectivity index (χ4v) is 3.17. The van der Waals surface area contributed by atoms with Crippen molar-refractivity contribution in [2.75, 3.05) is 5.75 Å². The summed E-state index contributed by atoms with van der Waals surface area (Å²) in [6.45, 7) is 0. The van der Waals surface area contributed by atoms with Gasteiger partial charge in [0.1, 0.15) is 23.9 Å². The predicted octanol–water partition coefficient (Wildman–Crippen LogP) is -3.13. The molecule has 0 aliphatic rings. The second-order valence-corrected chi connectivity index (χ2v) is 8.22.